The van der Waals surface area contributed by atoms with Gasteiger partial charge in [0, 0.05) is 29.2 Å². The van der Waals surface area contributed by atoms with E-state index in [1.54, 1.807) is 12.3 Å². The molecule has 5 nitrogen and oxygen atoms in total. The summed E-state index contributed by atoms with van der Waals surface area (Å²) < 4.78 is 56.6. The van der Waals surface area contributed by atoms with Gasteiger partial charge in [-0.2, -0.15) is 0 Å². The van der Waals surface area contributed by atoms with Crippen molar-refractivity contribution in [2.24, 2.45) is 10.7 Å². The lowest BCUT2D eigenvalue weighted by Crippen LogP contribution is -2.42. The Morgan fingerprint density at radius 1 is 1.36 bits per heavy atom. The van der Waals surface area contributed by atoms with Gasteiger partial charge in [-0.25, -0.2) is 22.5 Å². The number of amidine groups is 1. The number of nitrogens with two attached hydrogens (primary N) is 1. The lowest BCUT2D eigenvalue weighted by molar-refractivity contribution is -0.0525. The second kappa shape index (κ2) is 7.86. The summed E-state index contributed by atoms with van der Waals surface area (Å²) in [5.41, 5.74) is 3.12. The fourth-order valence-electron chi connectivity index (χ4n) is 2.36. The number of alkyl halides is 3. The van der Waals surface area contributed by atoms with Crippen LogP contribution in [0.25, 0.3) is 0 Å². The second-order valence-electron chi connectivity index (χ2n) is 6.56. The molecule has 0 bridgehead atoms. The molecule has 1 amide bonds. The molecule has 152 valence electrons. The van der Waals surface area contributed by atoms with Crippen molar-refractivity contribution in [3.05, 3.63) is 45.7 Å². The van der Waals surface area contributed by atoms with Gasteiger partial charge in [-0.1, -0.05) is 0 Å². The molecule has 0 radical (unpaired) electrons. The zero-order valence-corrected chi connectivity index (χ0v) is 16.5. The summed E-state index contributed by atoms with van der Waals surface area (Å²) >= 11 is 1.11. The van der Waals surface area contributed by atoms with E-state index in [4.69, 9.17) is 5.73 Å². The molecule has 1 aromatic heterocycles. The number of amides is 1. The Morgan fingerprint density at radius 2 is 2.00 bits per heavy atom. The number of aromatic nitrogens is 1. The van der Waals surface area contributed by atoms with Crippen molar-refractivity contribution in [1.82, 2.24) is 4.98 Å². The van der Waals surface area contributed by atoms with Gasteiger partial charge in [0.05, 0.1) is 0 Å². The molecule has 0 aliphatic heterocycles. The summed E-state index contributed by atoms with van der Waals surface area (Å²) in [7, 11) is 0. The maximum absolute atomic E-state index is 14.5. The van der Waals surface area contributed by atoms with Crippen LogP contribution in [0.5, 0.6) is 0 Å². The highest BCUT2D eigenvalue weighted by Crippen LogP contribution is 2.42. The highest BCUT2D eigenvalue weighted by Gasteiger charge is 2.49. The van der Waals surface area contributed by atoms with Gasteiger partial charge in [0.2, 0.25) is 0 Å². The van der Waals surface area contributed by atoms with E-state index in [0.29, 0.717) is 12.6 Å². The van der Waals surface area contributed by atoms with E-state index in [1.165, 1.54) is 6.07 Å². The summed E-state index contributed by atoms with van der Waals surface area (Å²) in [5.74, 6) is -5.82. The van der Waals surface area contributed by atoms with Gasteiger partial charge in [0.1, 0.15) is 11.7 Å². The molecule has 0 spiro atoms. The van der Waals surface area contributed by atoms with E-state index >= 15 is 0 Å². The van der Waals surface area contributed by atoms with E-state index < -0.39 is 40.8 Å². The van der Waals surface area contributed by atoms with Crippen molar-refractivity contribution in [1.29, 1.82) is 0 Å². The molecule has 0 aliphatic rings. The van der Waals surface area contributed by atoms with Crippen molar-refractivity contribution in [3.63, 3.8) is 0 Å². The molecule has 0 fully saturated rings. The molecule has 3 N–H and O–H groups in total. The molecule has 0 saturated heterocycles. The number of hydrogen-bond donors (Lipinski definition) is 2. The van der Waals surface area contributed by atoms with Crippen LogP contribution in [0.3, 0.4) is 0 Å². The molecule has 0 aliphatic carbocycles. The fraction of sp³-hybridized carbons (Fsp3) is 0.389. The Balaban J connectivity index is 2.49. The Labute approximate surface area is 163 Å². The van der Waals surface area contributed by atoms with Gasteiger partial charge in [0.15, 0.2) is 16.7 Å². The van der Waals surface area contributed by atoms with Crippen molar-refractivity contribution >= 4 is 28.8 Å². The number of aliphatic imine (C=N–C) groups is 1. The molecule has 2 atom stereocenters. The van der Waals surface area contributed by atoms with Crippen molar-refractivity contribution in [2.75, 3.05) is 5.32 Å². The van der Waals surface area contributed by atoms with Crippen LogP contribution in [-0.4, -0.2) is 28.8 Å². The Morgan fingerprint density at radius 3 is 2.50 bits per heavy atom. The number of aryl methyl sites for hydroxylation is 1. The number of thiazole rings is 1. The van der Waals surface area contributed by atoms with E-state index in [0.717, 1.165) is 37.3 Å². The largest absolute Gasteiger partial charge is 0.385 e. The molecular weight excluding hydrogens is 396 g/mol. The summed E-state index contributed by atoms with van der Waals surface area (Å²) in [6, 6.07) is 3.17. The first-order chi connectivity index (χ1) is 12.8. The van der Waals surface area contributed by atoms with Gasteiger partial charge in [-0.3, -0.25) is 9.79 Å². The van der Waals surface area contributed by atoms with Crippen LogP contribution in [-0.2, 0) is 5.54 Å². The number of rotatable bonds is 6. The Bertz CT molecular complexity index is 907. The minimum absolute atomic E-state index is 0.0618. The smallest absolute Gasteiger partial charge is 0.284 e. The van der Waals surface area contributed by atoms with Crippen molar-refractivity contribution < 1.29 is 22.4 Å². The van der Waals surface area contributed by atoms with Gasteiger partial charge in [0.25, 0.3) is 11.8 Å². The van der Waals surface area contributed by atoms with Crippen molar-refractivity contribution in [2.45, 2.75) is 45.3 Å². The summed E-state index contributed by atoms with van der Waals surface area (Å²) in [5, 5.41) is 4.33. The maximum Gasteiger partial charge on any atom is 0.284 e. The third-order valence-electron chi connectivity index (χ3n) is 4.18. The number of carbonyl (C=O) groups excluding carboxylic acids is 1. The standard InChI is InChI=1S/C18H20F4N4OS/c1-9-8-28-16(24-9)15(27)25-11-5-6-13(20)12(7-11)17(3,18(4,21)22)26-14(23)10(2)19/h5-8,10H,1-4H3,(H2,23,26)(H,25,27). The molecule has 2 unspecified atom stereocenters. The zero-order valence-electron chi connectivity index (χ0n) is 15.7. The van der Waals surface area contributed by atoms with E-state index in [2.05, 4.69) is 15.3 Å². The molecular formula is C18H20F4N4OS. The van der Waals surface area contributed by atoms with Crippen LogP contribution >= 0.6 is 11.3 Å². The third kappa shape index (κ3) is 4.49. The van der Waals surface area contributed by atoms with E-state index in [1.807, 2.05) is 0 Å². The number of benzene rings is 1. The number of nitrogens with one attached hydrogen (secondary N) is 1. The quantitative estimate of drug-likeness (QED) is 0.415. The van der Waals surface area contributed by atoms with Crippen LogP contribution in [0, 0.1) is 12.7 Å². The SMILES string of the molecule is Cc1csc(C(=O)Nc2ccc(F)c(C(C)(N=C(N)C(C)F)C(C)(F)F)c2)n1. The molecule has 2 rings (SSSR count). The van der Waals surface area contributed by atoms with Gasteiger partial charge < -0.3 is 11.1 Å². The summed E-state index contributed by atoms with van der Waals surface area (Å²) in [4.78, 5) is 19.9. The average molecular weight is 416 g/mol. The number of hydrogen-bond acceptors (Lipinski definition) is 4. The first kappa shape index (κ1) is 21.8. The lowest BCUT2D eigenvalue weighted by Gasteiger charge is -2.33. The molecule has 10 heteroatoms. The number of nitrogens with zero attached hydrogens (tertiary/aromatic N) is 2. The van der Waals surface area contributed by atoms with E-state index in [-0.39, 0.29) is 10.7 Å². The molecule has 0 saturated carbocycles. The number of anilines is 1. The van der Waals surface area contributed by atoms with Crippen LogP contribution in [0.15, 0.2) is 28.6 Å². The monoisotopic (exact) mass is 416 g/mol. The zero-order chi connectivity index (χ0) is 21.3. The second-order valence-corrected chi connectivity index (χ2v) is 7.41. The summed E-state index contributed by atoms with van der Waals surface area (Å²) in [6.07, 6.45) is -1.79. The first-order valence-corrected chi connectivity index (χ1v) is 9.13. The topological polar surface area (TPSA) is 80.4 Å². The number of halogens is 4. The van der Waals surface area contributed by atoms with Crippen molar-refractivity contribution in [3.8, 4) is 0 Å². The third-order valence-corrected chi connectivity index (χ3v) is 5.14. The normalized spacial score (nSPS) is 15.8. The van der Waals surface area contributed by atoms with Gasteiger partial charge in [-0.05, 0) is 39.0 Å². The Hall–Kier alpha value is -2.49. The number of carbonyl (C=O) groups is 1. The van der Waals surface area contributed by atoms with Crippen LogP contribution in [0.4, 0.5) is 23.2 Å². The summed E-state index contributed by atoms with van der Waals surface area (Å²) in [6.45, 7) is 4.24. The molecule has 28 heavy (non-hydrogen) atoms. The predicted octanol–water partition coefficient (Wildman–Crippen LogP) is 4.43. The maximum atomic E-state index is 14.5. The van der Waals surface area contributed by atoms with Gasteiger partial charge >= 0.3 is 0 Å². The van der Waals surface area contributed by atoms with Crippen LogP contribution in [0.1, 0.15) is 41.8 Å². The molecule has 2 aromatic rings. The lowest BCUT2D eigenvalue weighted by atomic mass is 9.86. The van der Waals surface area contributed by atoms with Crippen LogP contribution < -0.4 is 11.1 Å². The van der Waals surface area contributed by atoms with E-state index in [9.17, 15) is 22.4 Å². The van der Waals surface area contributed by atoms with Gasteiger partial charge in [-0.15, -0.1) is 11.3 Å². The minimum atomic E-state index is -3.58. The average Bonchev–Trinajstić information content (AvgIpc) is 3.01. The molecule has 1 heterocycles. The highest BCUT2D eigenvalue weighted by atomic mass is 32.1. The molecule has 1 aromatic carbocycles. The first-order valence-electron chi connectivity index (χ1n) is 8.25. The highest BCUT2D eigenvalue weighted by molar-refractivity contribution is 7.11. The fourth-order valence-corrected chi connectivity index (χ4v) is 3.05. The Kier molecular flexibility index (Phi) is 6.12. The van der Waals surface area contributed by atoms with Crippen LogP contribution in [0.2, 0.25) is 0 Å². The predicted molar refractivity (Wildman–Crippen MR) is 101 cm³/mol. The minimum Gasteiger partial charge on any atom is -0.385 e.